The molecule has 1 aliphatic heterocycles. The molecule has 1 saturated heterocycles. The molecule has 18 heavy (non-hydrogen) atoms. The minimum Gasteiger partial charge on any atom is -0.373 e. The molecule has 0 bridgehead atoms. The zero-order chi connectivity index (χ0) is 13.3. The Hall–Kier alpha value is -1.32. The van der Waals surface area contributed by atoms with Crippen LogP contribution >= 0.6 is 0 Å². The van der Waals surface area contributed by atoms with E-state index in [2.05, 4.69) is 41.0 Å². The number of nitrogens with zero attached hydrogens (tertiary/aromatic N) is 3. The van der Waals surface area contributed by atoms with E-state index in [9.17, 15) is 0 Å². The fraction of sp³-hybridized carbons (Fsp3) is 0.714. The largest absolute Gasteiger partial charge is 0.373 e. The van der Waals surface area contributed by atoms with Crippen LogP contribution in [0.5, 0.6) is 0 Å². The van der Waals surface area contributed by atoms with Gasteiger partial charge in [0.15, 0.2) is 0 Å². The van der Waals surface area contributed by atoms with Gasteiger partial charge in [0.05, 0.1) is 0 Å². The smallest absolute Gasteiger partial charge is 0.137 e. The van der Waals surface area contributed by atoms with Crippen LogP contribution in [0, 0.1) is 19.8 Å². The molecule has 1 N–H and O–H groups in total. The van der Waals surface area contributed by atoms with Gasteiger partial charge in [-0.15, -0.1) is 0 Å². The molecule has 2 atom stereocenters. The van der Waals surface area contributed by atoms with Crippen molar-refractivity contribution < 1.29 is 0 Å². The van der Waals surface area contributed by atoms with Gasteiger partial charge in [0.25, 0.3) is 0 Å². The average molecular weight is 248 g/mol. The first-order valence-electron chi connectivity index (χ1n) is 6.84. The monoisotopic (exact) mass is 248 g/mol. The molecule has 0 amide bonds. The first kappa shape index (κ1) is 13.1. The molecule has 100 valence electrons. The van der Waals surface area contributed by atoms with Gasteiger partial charge in [-0.1, -0.05) is 6.92 Å². The highest BCUT2D eigenvalue weighted by Gasteiger charge is 2.27. The fourth-order valence-electron chi connectivity index (χ4n) is 2.77. The summed E-state index contributed by atoms with van der Waals surface area (Å²) in [7, 11) is 1.92. The highest BCUT2D eigenvalue weighted by atomic mass is 15.2. The second kappa shape index (κ2) is 5.12. The predicted octanol–water partition coefficient (Wildman–Crippen LogP) is 2.76. The Labute approximate surface area is 110 Å². The van der Waals surface area contributed by atoms with Crippen molar-refractivity contribution in [2.45, 2.75) is 46.6 Å². The molecule has 1 aromatic rings. The van der Waals surface area contributed by atoms with E-state index < -0.39 is 0 Å². The molecule has 0 saturated carbocycles. The van der Waals surface area contributed by atoms with Crippen LogP contribution in [0.15, 0.2) is 0 Å². The highest BCUT2D eigenvalue weighted by Crippen LogP contribution is 2.31. The molecular weight excluding hydrogens is 224 g/mol. The van der Waals surface area contributed by atoms with Crippen molar-refractivity contribution >= 4 is 11.6 Å². The lowest BCUT2D eigenvalue weighted by molar-refractivity contribution is 0.361. The number of piperidine rings is 1. The number of nitrogens with one attached hydrogen (secondary N) is 1. The predicted molar refractivity (Wildman–Crippen MR) is 76.3 cm³/mol. The number of hydrogen-bond acceptors (Lipinski definition) is 4. The maximum Gasteiger partial charge on any atom is 0.137 e. The van der Waals surface area contributed by atoms with Crippen molar-refractivity contribution in [3.05, 3.63) is 11.4 Å². The van der Waals surface area contributed by atoms with E-state index in [4.69, 9.17) is 0 Å². The minimum atomic E-state index is 0.552. The Morgan fingerprint density at radius 2 is 1.94 bits per heavy atom. The van der Waals surface area contributed by atoms with Crippen LogP contribution in [-0.4, -0.2) is 29.6 Å². The van der Waals surface area contributed by atoms with Crippen LogP contribution in [0.1, 0.15) is 38.1 Å². The van der Waals surface area contributed by atoms with Gasteiger partial charge in [-0.05, 0) is 39.5 Å². The average Bonchev–Trinajstić information content (AvgIpc) is 2.35. The van der Waals surface area contributed by atoms with Crippen LogP contribution in [0.3, 0.4) is 0 Å². The Balaban J connectivity index is 2.40. The normalized spacial score (nSPS) is 24.2. The Bertz CT molecular complexity index is 430. The van der Waals surface area contributed by atoms with E-state index >= 15 is 0 Å². The van der Waals surface area contributed by atoms with Gasteiger partial charge in [-0.2, -0.15) is 0 Å². The van der Waals surface area contributed by atoms with Crippen molar-refractivity contribution in [1.29, 1.82) is 0 Å². The van der Waals surface area contributed by atoms with Crippen molar-refractivity contribution in [3.63, 3.8) is 0 Å². The molecule has 2 unspecified atom stereocenters. The van der Waals surface area contributed by atoms with Gasteiger partial charge in [0.2, 0.25) is 0 Å². The van der Waals surface area contributed by atoms with E-state index in [1.54, 1.807) is 0 Å². The van der Waals surface area contributed by atoms with Gasteiger partial charge < -0.3 is 10.2 Å². The first-order valence-corrected chi connectivity index (χ1v) is 6.84. The van der Waals surface area contributed by atoms with Crippen LogP contribution in [0.25, 0.3) is 0 Å². The molecule has 4 heteroatoms. The van der Waals surface area contributed by atoms with E-state index in [1.807, 2.05) is 14.0 Å². The molecule has 0 aromatic carbocycles. The molecule has 0 spiro atoms. The fourth-order valence-corrected chi connectivity index (χ4v) is 2.77. The van der Waals surface area contributed by atoms with Crippen LogP contribution in [0.4, 0.5) is 11.6 Å². The Morgan fingerprint density at radius 1 is 1.22 bits per heavy atom. The van der Waals surface area contributed by atoms with Gasteiger partial charge in [-0.25, -0.2) is 9.97 Å². The maximum absolute atomic E-state index is 4.66. The third kappa shape index (κ3) is 2.28. The quantitative estimate of drug-likeness (QED) is 0.873. The van der Waals surface area contributed by atoms with Gasteiger partial charge in [0, 0.05) is 25.2 Å². The molecule has 0 radical (unpaired) electrons. The summed E-state index contributed by atoms with van der Waals surface area (Å²) in [6.45, 7) is 9.80. The summed E-state index contributed by atoms with van der Waals surface area (Å²) >= 11 is 0. The van der Waals surface area contributed by atoms with Crippen molar-refractivity contribution in [2.24, 2.45) is 5.92 Å². The van der Waals surface area contributed by atoms with E-state index in [0.29, 0.717) is 6.04 Å². The number of aryl methyl sites for hydroxylation is 1. The Morgan fingerprint density at radius 3 is 2.61 bits per heavy atom. The number of hydrogen-bond donors (Lipinski definition) is 1. The molecule has 1 fully saturated rings. The lowest BCUT2D eigenvalue weighted by Crippen LogP contribution is -2.43. The van der Waals surface area contributed by atoms with Crippen LogP contribution in [0.2, 0.25) is 0 Å². The molecule has 4 nitrogen and oxygen atoms in total. The molecule has 2 heterocycles. The second-order valence-corrected chi connectivity index (χ2v) is 5.37. The van der Waals surface area contributed by atoms with Gasteiger partial charge in [0.1, 0.15) is 17.5 Å². The summed E-state index contributed by atoms with van der Waals surface area (Å²) in [6.07, 6.45) is 2.57. The molecule has 1 aliphatic rings. The van der Waals surface area contributed by atoms with Crippen LogP contribution < -0.4 is 10.2 Å². The summed E-state index contributed by atoms with van der Waals surface area (Å²) in [6, 6.07) is 0.552. The lowest BCUT2D eigenvalue weighted by atomic mass is 9.92. The molecule has 1 aromatic heterocycles. The zero-order valence-electron chi connectivity index (χ0n) is 12.1. The summed E-state index contributed by atoms with van der Waals surface area (Å²) in [5.74, 6) is 3.62. The van der Waals surface area contributed by atoms with E-state index in [1.165, 1.54) is 12.8 Å². The summed E-state index contributed by atoms with van der Waals surface area (Å²) in [5.41, 5.74) is 1.16. The molecular formula is C14H24N4. The number of anilines is 2. The summed E-state index contributed by atoms with van der Waals surface area (Å²) in [4.78, 5) is 11.6. The van der Waals surface area contributed by atoms with E-state index in [0.717, 1.165) is 35.5 Å². The van der Waals surface area contributed by atoms with E-state index in [-0.39, 0.29) is 0 Å². The zero-order valence-corrected chi connectivity index (χ0v) is 12.1. The van der Waals surface area contributed by atoms with Gasteiger partial charge >= 0.3 is 0 Å². The lowest BCUT2D eigenvalue weighted by Gasteiger charge is -2.39. The maximum atomic E-state index is 4.66. The van der Waals surface area contributed by atoms with Crippen LogP contribution in [-0.2, 0) is 0 Å². The second-order valence-electron chi connectivity index (χ2n) is 5.37. The van der Waals surface area contributed by atoms with Gasteiger partial charge in [-0.3, -0.25) is 0 Å². The highest BCUT2D eigenvalue weighted by molar-refractivity contribution is 5.59. The van der Waals surface area contributed by atoms with Crippen molar-refractivity contribution in [2.75, 3.05) is 23.8 Å². The van der Waals surface area contributed by atoms with Crippen molar-refractivity contribution in [1.82, 2.24) is 9.97 Å². The number of rotatable bonds is 2. The number of aromatic nitrogens is 2. The SMILES string of the molecule is CNc1nc(C)nc(N2CCCC(C)C2C)c1C. The molecule has 2 rings (SSSR count). The van der Waals surface area contributed by atoms with Crippen molar-refractivity contribution in [3.8, 4) is 0 Å². The minimum absolute atomic E-state index is 0.552. The third-order valence-corrected chi connectivity index (χ3v) is 4.11. The topological polar surface area (TPSA) is 41.1 Å². The summed E-state index contributed by atoms with van der Waals surface area (Å²) < 4.78 is 0. The molecule has 0 aliphatic carbocycles. The Kier molecular flexibility index (Phi) is 3.73. The third-order valence-electron chi connectivity index (χ3n) is 4.11. The standard InChI is InChI=1S/C14H24N4/c1-9-7-6-8-18(11(9)3)14-10(2)13(15-5)16-12(4)17-14/h9,11H,6-8H2,1-5H3,(H,15,16,17). The first-order chi connectivity index (χ1) is 8.54. The summed E-state index contributed by atoms with van der Waals surface area (Å²) in [5, 5.41) is 3.16.